The summed E-state index contributed by atoms with van der Waals surface area (Å²) in [6.07, 6.45) is 3.36. The van der Waals surface area contributed by atoms with Crippen LogP contribution in [0.5, 0.6) is 5.75 Å². The number of oxime groups is 1. The lowest BCUT2D eigenvalue weighted by Crippen LogP contribution is -2.52. The van der Waals surface area contributed by atoms with E-state index in [0.29, 0.717) is 31.7 Å². The Labute approximate surface area is 235 Å². The van der Waals surface area contributed by atoms with E-state index in [9.17, 15) is 28.0 Å². The maximum atomic E-state index is 14.2. The van der Waals surface area contributed by atoms with Crippen LogP contribution in [-0.2, 0) is 16.2 Å². The normalized spacial score (nSPS) is 23.8. The molecule has 2 bridgehead atoms. The van der Waals surface area contributed by atoms with E-state index in [-0.39, 0.29) is 30.4 Å². The lowest BCUT2D eigenvalue weighted by Gasteiger charge is -2.42. The average molecular weight is 571 g/mol. The van der Waals surface area contributed by atoms with Gasteiger partial charge in [0.15, 0.2) is 11.3 Å². The van der Waals surface area contributed by atoms with Crippen molar-refractivity contribution < 1.29 is 32.7 Å². The van der Waals surface area contributed by atoms with Gasteiger partial charge in [-0.2, -0.15) is 0 Å². The number of ether oxygens (including phenoxy) is 1. The minimum absolute atomic E-state index is 0.00995. The second kappa shape index (κ2) is 10.7. The van der Waals surface area contributed by atoms with Crippen molar-refractivity contribution in [3.05, 3.63) is 63.1 Å². The van der Waals surface area contributed by atoms with Crippen LogP contribution in [0.1, 0.15) is 85.8 Å². The highest BCUT2D eigenvalue weighted by Crippen LogP contribution is 2.46. The summed E-state index contributed by atoms with van der Waals surface area (Å²) in [5.74, 6) is -4.81. The fourth-order valence-corrected chi connectivity index (χ4v) is 5.67. The Morgan fingerprint density at radius 2 is 2.05 bits per heavy atom. The second-order valence-corrected chi connectivity index (χ2v) is 11.1. The number of nitrogens with zero attached hydrogens (tertiary/aromatic N) is 3. The molecule has 218 valence electrons. The SMILES string of the molecule is CCC(C)C(=O)Oc1c2n(cc(C(=O)NCc3ccc(F)cc3F)c1=O)[C@@H]1CN(C2=O)[C@@H](C)CC[C@]12CC(C)=NO2. The Morgan fingerprint density at radius 3 is 2.71 bits per heavy atom. The van der Waals surface area contributed by atoms with Gasteiger partial charge in [-0.25, -0.2) is 8.78 Å². The van der Waals surface area contributed by atoms with Crippen molar-refractivity contribution >= 4 is 23.5 Å². The third-order valence-corrected chi connectivity index (χ3v) is 8.34. The third kappa shape index (κ3) is 5.00. The molecular formula is C29H32F2N4O6. The minimum Gasteiger partial charge on any atom is -0.420 e. The number of nitrogens with one attached hydrogen (secondary N) is 1. The highest BCUT2D eigenvalue weighted by Gasteiger charge is 2.54. The van der Waals surface area contributed by atoms with Gasteiger partial charge in [0, 0.05) is 43.4 Å². The van der Waals surface area contributed by atoms with Crippen molar-refractivity contribution in [2.24, 2.45) is 11.1 Å². The smallest absolute Gasteiger partial charge is 0.314 e. The highest BCUT2D eigenvalue weighted by atomic mass is 19.1. The topological polar surface area (TPSA) is 119 Å². The summed E-state index contributed by atoms with van der Waals surface area (Å²) in [4.78, 5) is 61.5. The minimum atomic E-state index is -0.945. The van der Waals surface area contributed by atoms with Gasteiger partial charge >= 0.3 is 5.97 Å². The number of aromatic nitrogens is 1. The van der Waals surface area contributed by atoms with Crippen molar-refractivity contribution in [1.29, 1.82) is 0 Å². The summed E-state index contributed by atoms with van der Waals surface area (Å²) < 4.78 is 34.6. The van der Waals surface area contributed by atoms with Crippen molar-refractivity contribution in [3.8, 4) is 5.75 Å². The summed E-state index contributed by atoms with van der Waals surface area (Å²) in [5, 5.41) is 6.68. The number of amides is 2. The number of fused-ring (bicyclic) bond motifs is 5. The van der Waals surface area contributed by atoms with E-state index in [4.69, 9.17) is 9.57 Å². The van der Waals surface area contributed by atoms with Crippen LogP contribution >= 0.6 is 0 Å². The molecule has 0 aliphatic carbocycles. The monoisotopic (exact) mass is 570 g/mol. The number of carbonyl (C=O) groups is 3. The fourth-order valence-electron chi connectivity index (χ4n) is 5.67. The van der Waals surface area contributed by atoms with Crippen LogP contribution in [0.25, 0.3) is 0 Å². The first kappa shape index (κ1) is 28.4. The Morgan fingerprint density at radius 1 is 1.29 bits per heavy atom. The standard InChI is InChI=1S/C29H32F2N4O6/c1-5-15(2)28(39)40-25-23-27(38)34-14-22(29(9-8-17(34)4)11-16(3)33-41-29)35(23)13-20(24(25)36)26(37)32-12-18-6-7-19(30)10-21(18)31/h6-7,10,13,15,17,22H,5,8-9,11-12,14H2,1-4H3,(H,32,37)/t15?,17-,22+,29-/m0/s1. The van der Waals surface area contributed by atoms with Crippen LogP contribution in [0.3, 0.4) is 0 Å². The van der Waals surface area contributed by atoms with Crippen molar-refractivity contribution in [2.75, 3.05) is 6.54 Å². The Hall–Kier alpha value is -4.09. The zero-order chi connectivity index (χ0) is 29.6. The molecule has 4 heterocycles. The number of carbonyl (C=O) groups excluding carboxylic acids is 3. The van der Waals surface area contributed by atoms with Crippen LogP contribution < -0.4 is 15.5 Å². The predicted octanol–water partition coefficient (Wildman–Crippen LogP) is 3.72. The Bertz CT molecular complexity index is 1520. The summed E-state index contributed by atoms with van der Waals surface area (Å²) in [5.41, 5.74) is -1.54. The molecule has 2 aromatic rings. The predicted molar refractivity (Wildman–Crippen MR) is 144 cm³/mol. The van der Waals surface area contributed by atoms with Crippen LogP contribution in [0.15, 0.2) is 34.3 Å². The molecule has 1 aromatic heterocycles. The molecule has 10 nitrogen and oxygen atoms in total. The molecule has 1 aromatic carbocycles. The first-order chi connectivity index (χ1) is 19.5. The molecule has 12 heteroatoms. The van der Waals surface area contributed by atoms with Crippen molar-refractivity contribution in [1.82, 2.24) is 14.8 Å². The average Bonchev–Trinajstić information content (AvgIpc) is 3.27. The van der Waals surface area contributed by atoms with E-state index in [2.05, 4.69) is 10.5 Å². The lowest BCUT2D eigenvalue weighted by molar-refractivity contribution is -0.138. The lowest BCUT2D eigenvalue weighted by atomic mass is 9.84. The quantitative estimate of drug-likeness (QED) is 0.529. The number of pyridine rings is 1. The maximum Gasteiger partial charge on any atom is 0.314 e. The molecule has 3 aliphatic rings. The summed E-state index contributed by atoms with van der Waals surface area (Å²) in [6, 6.07) is 2.19. The van der Waals surface area contributed by atoms with E-state index < -0.39 is 63.7 Å². The van der Waals surface area contributed by atoms with Crippen molar-refractivity contribution in [3.63, 3.8) is 0 Å². The van der Waals surface area contributed by atoms with Gasteiger partial charge in [0.1, 0.15) is 17.2 Å². The number of hydrogen-bond donors (Lipinski definition) is 1. The van der Waals surface area contributed by atoms with Gasteiger partial charge < -0.3 is 24.4 Å². The van der Waals surface area contributed by atoms with Gasteiger partial charge in [-0.05, 0) is 39.2 Å². The molecule has 1 N–H and O–H groups in total. The van der Waals surface area contributed by atoms with Gasteiger partial charge in [-0.15, -0.1) is 0 Å². The molecule has 0 radical (unpaired) electrons. The fraction of sp³-hybridized carbons (Fsp3) is 0.483. The molecule has 2 amide bonds. The van der Waals surface area contributed by atoms with Gasteiger partial charge in [0.2, 0.25) is 11.2 Å². The van der Waals surface area contributed by atoms with Crippen LogP contribution in [0.4, 0.5) is 8.78 Å². The van der Waals surface area contributed by atoms with Crippen LogP contribution in [-0.4, -0.2) is 51.2 Å². The zero-order valence-corrected chi connectivity index (χ0v) is 23.3. The Kier molecular flexibility index (Phi) is 7.43. The largest absolute Gasteiger partial charge is 0.420 e. The van der Waals surface area contributed by atoms with Gasteiger partial charge in [-0.3, -0.25) is 19.2 Å². The molecule has 4 atom stereocenters. The van der Waals surface area contributed by atoms with E-state index in [1.165, 1.54) is 16.8 Å². The van der Waals surface area contributed by atoms with Gasteiger partial charge in [-0.1, -0.05) is 25.1 Å². The van der Waals surface area contributed by atoms with Crippen LogP contribution in [0.2, 0.25) is 0 Å². The van der Waals surface area contributed by atoms with E-state index in [0.717, 1.165) is 11.8 Å². The van der Waals surface area contributed by atoms with E-state index >= 15 is 0 Å². The molecule has 3 aliphatic heterocycles. The maximum absolute atomic E-state index is 14.2. The van der Waals surface area contributed by atoms with E-state index in [1.54, 1.807) is 18.7 Å². The number of hydrogen-bond acceptors (Lipinski definition) is 7. The molecular weight excluding hydrogens is 538 g/mol. The second-order valence-electron chi connectivity index (χ2n) is 11.1. The first-order valence-corrected chi connectivity index (χ1v) is 13.7. The highest BCUT2D eigenvalue weighted by molar-refractivity contribution is 6.00. The number of esters is 1. The molecule has 1 spiro atoms. The summed E-state index contributed by atoms with van der Waals surface area (Å²) in [6.45, 7) is 7.07. The number of halogens is 2. The first-order valence-electron chi connectivity index (χ1n) is 13.7. The summed E-state index contributed by atoms with van der Waals surface area (Å²) in [7, 11) is 0. The van der Waals surface area contributed by atoms with Gasteiger partial charge in [0.05, 0.1) is 17.7 Å². The molecule has 1 fully saturated rings. The third-order valence-electron chi connectivity index (χ3n) is 8.34. The molecule has 0 saturated carbocycles. The zero-order valence-electron chi connectivity index (χ0n) is 23.3. The molecule has 1 saturated heterocycles. The van der Waals surface area contributed by atoms with Crippen LogP contribution in [0, 0.1) is 17.6 Å². The number of rotatable bonds is 6. The van der Waals surface area contributed by atoms with Gasteiger partial charge in [0.25, 0.3) is 11.8 Å². The Balaban J connectivity index is 1.63. The molecule has 1 unspecified atom stereocenters. The van der Waals surface area contributed by atoms with Crippen molar-refractivity contribution in [2.45, 2.75) is 77.6 Å². The molecule has 41 heavy (non-hydrogen) atoms. The molecule has 5 rings (SSSR count). The van der Waals surface area contributed by atoms with E-state index in [1.807, 2.05) is 13.8 Å². The number of benzene rings is 1. The summed E-state index contributed by atoms with van der Waals surface area (Å²) >= 11 is 0.